The van der Waals surface area contributed by atoms with Crippen molar-refractivity contribution in [2.45, 2.75) is 27.0 Å². The summed E-state index contributed by atoms with van der Waals surface area (Å²) >= 11 is 0. The van der Waals surface area contributed by atoms with Crippen LogP contribution in [0.15, 0.2) is 74.8 Å². The Balaban J connectivity index is 0.00000289. The van der Waals surface area contributed by atoms with Gasteiger partial charge in [-0.1, -0.05) is 42.5 Å². The van der Waals surface area contributed by atoms with E-state index in [2.05, 4.69) is 47.6 Å². The van der Waals surface area contributed by atoms with E-state index in [1.54, 1.807) is 6.07 Å². The van der Waals surface area contributed by atoms with Crippen LogP contribution in [0.3, 0.4) is 0 Å². The van der Waals surface area contributed by atoms with Crippen LogP contribution in [0.25, 0.3) is 11.1 Å². The molecule has 8 heteroatoms. The smallest absolute Gasteiger partial charge is 0.489 e. The van der Waals surface area contributed by atoms with E-state index < -0.39 is 17.3 Å². The molecule has 6 nitrogen and oxygen atoms in total. The van der Waals surface area contributed by atoms with Gasteiger partial charge in [0.1, 0.15) is 18.2 Å². The van der Waals surface area contributed by atoms with Gasteiger partial charge in [0.15, 0.2) is 5.69 Å². The van der Waals surface area contributed by atoms with Gasteiger partial charge in [-0.15, -0.1) is 0 Å². The van der Waals surface area contributed by atoms with Gasteiger partial charge < -0.3 is 14.2 Å². The van der Waals surface area contributed by atoms with Gasteiger partial charge in [-0.25, -0.2) is 9.18 Å². The summed E-state index contributed by atoms with van der Waals surface area (Å²) in [6.45, 7) is 4.22. The molecule has 32 heavy (non-hydrogen) atoms. The summed E-state index contributed by atoms with van der Waals surface area (Å²) in [4.78, 5) is 25.6. The van der Waals surface area contributed by atoms with E-state index in [9.17, 15) is 14.0 Å². The monoisotopic (exact) mass is 442 g/mol. The molecule has 0 spiro atoms. The van der Waals surface area contributed by atoms with Gasteiger partial charge in [0.05, 0.1) is 0 Å². The number of ether oxygens (including phenoxy) is 1. The second kappa shape index (κ2) is 10.2. The molecule has 3 aromatic carbocycles. The third-order valence-electron chi connectivity index (χ3n) is 5.03. The Morgan fingerprint density at radius 3 is 2.38 bits per heavy atom. The van der Waals surface area contributed by atoms with Crippen molar-refractivity contribution in [3.8, 4) is 16.9 Å². The number of hydrogen-bond donors (Lipinski definition) is 0. The van der Waals surface area contributed by atoms with Crippen LogP contribution in [-0.2, 0) is 13.2 Å². The number of nitrogens with zero attached hydrogens (tertiary/aromatic N) is 2. The van der Waals surface area contributed by atoms with Crippen molar-refractivity contribution in [3.05, 3.63) is 110 Å². The van der Waals surface area contributed by atoms with Crippen molar-refractivity contribution >= 4 is 0 Å². The second-order valence-electron chi connectivity index (χ2n) is 7.30. The molecular weight excluding hydrogens is 422 g/mol. The number of rotatable bonds is 6. The fourth-order valence-corrected chi connectivity index (χ4v) is 3.54. The summed E-state index contributed by atoms with van der Waals surface area (Å²) in [7, 11) is 0. The summed E-state index contributed by atoms with van der Waals surface area (Å²) in [5, 5.41) is 0. The zero-order chi connectivity index (χ0) is 22.0. The van der Waals surface area contributed by atoms with Crippen molar-refractivity contribution in [2.24, 2.45) is 0 Å². The van der Waals surface area contributed by atoms with Gasteiger partial charge in [-0.3, -0.25) is 9.53 Å². The van der Waals surface area contributed by atoms with E-state index in [4.69, 9.17) is 4.74 Å². The van der Waals surface area contributed by atoms with Crippen LogP contribution in [0.2, 0.25) is 0 Å². The van der Waals surface area contributed by atoms with Crippen molar-refractivity contribution in [1.29, 1.82) is 0 Å². The fourth-order valence-electron chi connectivity index (χ4n) is 3.54. The molecule has 158 valence electrons. The normalized spacial score (nSPS) is 10.6. The van der Waals surface area contributed by atoms with Crippen molar-refractivity contribution in [2.75, 3.05) is 0 Å². The Hall–Kier alpha value is -2.87. The van der Waals surface area contributed by atoms with Crippen LogP contribution < -0.4 is 50.7 Å². The van der Waals surface area contributed by atoms with Crippen LogP contribution in [0.1, 0.15) is 22.3 Å². The SMILES string of the molecule is Cc1cccc(C)c1-c1cccc(COc2ccc(Cn3oc(=O)[n-]c3=O)c(F)c2)c1.[Na+]. The maximum absolute atomic E-state index is 14.4. The van der Waals surface area contributed by atoms with E-state index in [-0.39, 0.29) is 48.3 Å². The number of aromatic nitrogens is 2. The summed E-state index contributed by atoms with van der Waals surface area (Å²) in [5.74, 6) is -1.22. The number of aryl methyl sites for hydroxylation is 2. The van der Waals surface area contributed by atoms with E-state index in [1.807, 2.05) is 18.2 Å². The Morgan fingerprint density at radius 2 is 1.72 bits per heavy atom. The number of halogens is 1. The molecule has 0 unspecified atom stereocenters. The third-order valence-corrected chi connectivity index (χ3v) is 5.03. The molecule has 0 aliphatic carbocycles. The van der Waals surface area contributed by atoms with Crippen LogP contribution in [0.5, 0.6) is 5.75 Å². The van der Waals surface area contributed by atoms with Crippen LogP contribution >= 0.6 is 0 Å². The molecule has 1 heterocycles. The Kier molecular flexibility index (Phi) is 7.56. The van der Waals surface area contributed by atoms with Crippen molar-refractivity contribution in [1.82, 2.24) is 9.72 Å². The summed E-state index contributed by atoms with van der Waals surface area (Å²) < 4.78 is 25.5. The Morgan fingerprint density at radius 1 is 1.00 bits per heavy atom. The largest absolute Gasteiger partial charge is 1.00 e. The average molecular weight is 442 g/mol. The molecule has 0 bridgehead atoms. The van der Waals surface area contributed by atoms with Crippen LogP contribution in [0.4, 0.5) is 4.39 Å². The van der Waals surface area contributed by atoms with Crippen LogP contribution in [-0.4, -0.2) is 4.74 Å². The maximum Gasteiger partial charge on any atom is 1.00 e. The summed E-state index contributed by atoms with van der Waals surface area (Å²) in [6, 6.07) is 18.6. The summed E-state index contributed by atoms with van der Waals surface area (Å²) in [5.41, 5.74) is 4.99. The predicted octanol–water partition coefficient (Wildman–Crippen LogP) is 0.813. The van der Waals surface area contributed by atoms with Gasteiger partial charge in [0.2, 0.25) is 0 Å². The maximum atomic E-state index is 14.4. The number of hydrogen-bond acceptors (Lipinski definition) is 4. The minimum atomic E-state index is -1.01. The van der Waals surface area contributed by atoms with E-state index in [1.165, 1.54) is 28.8 Å². The molecule has 4 aromatic rings. The van der Waals surface area contributed by atoms with E-state index in [0.29, 0.717) is 10.5 Å². The minimum Gasteiger partial charge on any atom is -0.489 e. The molecule has 0 amide bonds. The van der Waals surface area contributed by atoms with Gasteiger partial charge in [0.25, 0.3) is 0 Å². The first-order valence-electron chi connectivity index (χ1n) is 9.72. The van der Waals surface area contributed by atoms with Crippen molar-refractivity contribution in [3.63, 3.8) is 0 Å². The van der Waals surface area contributed by atoms with E-state index in [0.717, 1.165) is 11.1 Å². The summed E-state index contributed by atoms with van der Waals surface area (Å²) in [6.07, 6.45) is 0. The molecule has 0 fully saturated rings. The average Bonchev–Trinajstić information content (AvgIpc) is 3.05. The quantitative estimate of drug-likeness (QED) is 0.413. The molecular formula is C24H20FN2NaO4. The minimum absolute atomic E-state index is 0. The van der Waals surface area contributed by atoms with Gasteiger partial charge >= 0.3 is 35.3 Å². The first-order chi connectivity index (χ1) is 14.9. The van der Waals surface area contributed by atoms with Crippen LogP contribution in [0, 0.1) is 19.7 Å². The Bertz CT molecular complexity index is 1340. The zero-order valence-electron chi connectivity index (χ0n) is 18.1. The second-order valence-corrected chi connectivity index (χ2v) is 7.30. The molecule has 1 aromatic heterocycles. The zero-order valence-corrected chi connectivity index (χ0v) is 20.1. The van der Waals surface area contributed by atoms with Gasteiger partial charge in [0, 0.05) is 12.6 Å². The van der Waals surface area contributed by atoms with Gasteiger partial charge in [-0.2, -0.15) is 0 Å². The first-order valence-corrected chi connectivity index (χ1v) is 9.72. The first kappa shape index (κ1) is 23.8. The topological polar surface area (TPSA) is 75.5 Å². The standard InChI is InChI=1S/C24H21FN2O4.Na/c1-15-5-3-6-16(2)22(15)18-8-4-7-17(11-18)14-30-20-10-9-19(21(25)12-20)13-27-23(28)26-24(29)31-27;/h3-12H,13-14H2,1-2H3,(H,26,28,29);/q;+1/p-1. The molecule has 0 saturated heterocycles. The third kappa shape index (κ3) is 5.30. The molecule has 0 N–H and O–H groups in total. The molecule has 0 aliphatic rings. The molecule has 0 radical (unpaired) electrons. The number of benzene rings is 3. The molecule has 0 atom stereocenters. The fraction of sp³-hybridized carbons (Fsp3) is 0.167. The molecule has 4 rings (SSSR count). The molecule has 0 aliphatic heterocycles. The Labute approximate surface area is 205 Å². The predicted molar refractivity (Wildman–Crippen MR) is 114 cm³/mol. The molecule has 0 saturated carbocycles. The van der Waals surface area contributed by atoms with Crippen molar-refractivity contribution < 1.29 is 43.2 Å². The van der Waals surface area contributed by atoms with E-state index >= 15 is 0 Å². The van der Waals surface area contributed by atoms with Gasteiger partial charge in [-0.05, 0) is 59.4 Å².